The van der Waals surface area contributed by atoms with Crippen LogP contribution < -0.4 is 15.2 Å². The van der Waals surface area contributed by atoms with Crippen LogP contribution in [0.4, 0.5) is 0 Å². The quantitative estimate of drug-likeness (QED) is 0.761. The summed E-state index contributed by atoms with van der Waals surface area (Å²) in [5.41, 5.74) is 5.79. The Morgan fingerprint density at radius 3 is 2.72 bits per heavy atom. The van der Waals surface area contributed by atoms with Gasteiger partial charge in [0.25, 0.3) is 0 Å². The first-order valence-corrected chi connectivity index (χ1v) is 5.87. The number of hydrogen-bond donors (Lipinski definition) is 2. The summed E-state index contributed by atoms with van der Waals surface area (Å²) in [5, 5.41) is 9.26. The average Bonchev–Trinajstić information content (AvgIpc) is 2.36. The second-order valence-electron chi connectivity index (χ2n) is 3.95. The van der Waals surface area contributed by atoms with Gasteiger partial charge in [-0.05, 0) is 13.0 Å². The number of primary amides is 1. The number of aliphatic hydroxyl groups excluding tert-OH is 1. The molecule has 100 valence electrons. The van der Waals surface area contributed by atoms with E-state index in [4.69, 9.17) is 15.2 Å². The summed E-state index contributed by atoms with van der Waals surface area (Å²) < 4.78 is 11.0. The maximum atomic E-state index is 10.9. The van der Waals surface area contributed by atoms with Gasteiger partial charge in [-0.25, -0.2) is 0 Å². The van der Waals surface area contributed by atoms with Crippen molar-refractivity contribution in [2.45, 2.75) is 20.5 Å². The monoisotopic (exact) mass is 253 g/mol. The third-order valence-corrected chi connectivity index (χ3v) is 2.49. The van der Waals surface area contributed by atoms with Gasteiger partial charge >= 0.3 is 0 Å². The molecule has 1 aromatic carbocycles. The smallest absolute Gasteiger partial charge is 0.223 e. The number of para-hydroxylation sites is 1. The molecule has 0 saturated carbocycles. The predicted octanol–water partition coefficient (Wildman–Crippen LogP) is 1.08. The van der Waals surface area contributed by atoms with E-state index in [2.05, 4.69) is 0 Å². The molecule has 1 unspecified atom stereocenters. The summed E-state index contributed by atoms with van der Waals surface area (Å²) >= 11 is 0. The van der Waals surface area contributed by atoms with Crippen LogP contribution in [0.2, 0.25) is 0 Å². The van der Waals surface area contributed by atoms with Crippen molar-refractivity contribution in [3.05, 3.63) is 23.8 Å². The van der Waals surface area contributed by atoms with Gasteiger partial charge < -0.3 is 20.3 Å². The van der Waals surface area contributed by atoms with Crippen molar-refractivity contribution in [1.29, 1.82) is 0 Å². The fourth-order valence-corrected chi connectivity index (χ4v) is 1.41. The van der Waals surface area contributed by atoms with E-state index in [9.17, 15) is 9.90 Å². The number of rotatable bonds is 7. The molecule has 1 amide bonds. The molecule has 0 spiro atoms. The molecule has 5 nitrogen and oxygen atoms in total. The zero-order chi connectivity index (χ0) is 13.5. The molecule has 0 saturated heterocycles. The first kappa shape index (κ1) is 14.3. The fraction of sp³-hybridized carbons (Fsp3) is 0.462. The third kappa shape index (κ3) is 3.63. The van der Waals surface area contributed by atoms with Crippen LogP contribution in [0, 0.1) is 5.92 Å². The predicted molar refractivity (Wildman–Crippen MR) is 67.4 cm³/mol. The molecule has 0 fully saturated rings. The summed E-state index contributed by atoms with van der Waals surface area (Å²) in [6.07, 6.45) is 0. The number of benzene rings is 1. The van der Waals surface area contributed by atoms with Gasteiger partial charge in [-0.15, -0.1) is 0 Å². The molecule has 0 aliphatic carbocycles. The Balaban J connectivity index is 2.86. The van der Waals surface area contributed by atoms with Gasteiger partial charge in [0.1, 0.15) is 0 Å². The van der Waals surface area contributed by atoms with E-state index >= 15 is 0 Å². The molecule has 0 radical (unpaired) electrons. The first-order chi connectivity index (χ1) is 8.60. The molecule has 3 N–H and O–H groups in total. The SMILES string of the molecule is CCOc1cccc(CO)c1OCC(C)C(N)=O. The van der Waals surface area contributed by atoms with Crippen molar-refractivity contribution < 1.29 is 19.4 Å². The van der Waals surface area contributed by atoms with Crippen LogP contribution in [0.5, 0.6) is 11.5 Å². The van der Waals surface area contributed by atoms with Gasteiger partial charge in [0, 0.05) is 5.56 Å². The molecule has 1 aromatic rings. The maximum Gasteiger partial charge on any atom is 0.223 e. The topological polar surface area (TPSA) is 81.8 Å². The number of hydrogen-bond acceptors (Lipinski definition) is 4. The lowest BCUT2D eigenvalue weighted by Gasteiger charge is -2.16. The lowest BCUT2D eigenvalue weighted by Crippen LogP contribution is -2.26. The lowest BCUT2D eigenvalue weighted by molar-refractivity contribution is -0.122. The van der Waals surface area contributed by atoms with Crippen LogP contribution in [0.25, 0.3) is 0 Å². The highest BCUT2D eigenvalue weighted by Crippen LogP contribution is 2.31. The minimum Gasteiger partial charge on any atom is -0.490 e. The minimum atomic E-state index is -0.422. The summed E-state index contributed by atoms with van der Waals surface area (Å²) in [6, 6.07) is 5.28. The Bertz CT molecular complexity index is 406. The van der Waals surface area contributed by atoms with Crippen LogP contribution in [-0.4, -0.2) is 24.2 Å². The molecule has 0 heterocycles. The molecule has 0 bridgehead atoms. The minimum absolute atomic E-state index is 0.152. The van der Waals surface area contributed by atoms with Crippen molar-refractivity contribution in [2.24, 2.45) is 11.7 Å². The Morgan fingerprint density at radius 1 is 1.44 bits per heavy atom. The maximum absolute atomic E-state index is 10.9. The molecule has 1 rings (SSSR count). The number of nitrogens with two attached hydrogens (primary N) is 1. The number of carbonyl (C=O) groups excluding carboxylic acids is 1. The van der Waals surface area contributed by atoms with Crippen LogP contribution in [-0.2, 0) is 11.4 Å². The number of carbonyl (C=O) groups is 1. The Morgan fingerprint density at radius 2 is 2.17 bits per heavy atom. The van der Waals surface area contributed by atoms with Gasteiger partial charge in [0.05, 0.1) is 25.7 Å². The molecular weight excluding hydrogens is 234 g/mol. The molecular formula is C13H19NO4. The summed E-state index contributed by atoms with van der Waals surface area (Å²) in [5.74, 6) is 0.205. The van der Waals surface area contributed by atoms with Crippen molar-refractivity contribution >= 4 is 5.91 Å². The van der Waals surface area contributed by atoms with Gasteiger partial charge in [-0.3, -0.25) is 4.79 Å². The second kappa shape index (κ2) is 6.86. The van der Waals surface area contributed by atoms with Crippen molar-refractivity contribution in [1.82, 2.24) is 0 Å². The largest absolute Gasteiger partial charge is 0.490 e. The average molecular weight is 253 g/mol. The molecule has 0 aromatic heterocycles. The second-order valence-corrected chi connectivity index (χ2v) is 3.95. The highest BCUT2D eigenvalue weighted by atomic mass is 16.5. The van der Waals surface area contributed by atoms with Gasteiger partial charge in [0.15, 0.2) is 11.5 Å². The van der Waals surface area contributed by atoms with Crippen LogP contribution >= 0.6 is 0 Å². The highest BCUT2D eigenvalue weighted by Gasteiger charge is 2.14. The lowest BCUT2D eigenvalue weighted by atomic mass is 10.1. The summed E-state index contributed by atoms with van der Waals surface area (Å²) in [6.45, 7) is 4.05. The van der Waals surface area contributed by atoms with E-state index in [-0.39, 0.29) is 13.2 Å². The van der Waals surface area contributed by atoms with Crippen molar-refractivity contribution in [3.8, 4) is 11.5 Å². The highest BCUT2D eigenvalue weighted by molar-refractivity contribution is 5.76. The zero-order valence-corrected chi connectivity index (χ0v) is 10.7. The van der Waals surface area contributed by atoms with E-state index in [1.54, 1.807) is 25.1 Å². The van der Waals surface area contributed by atoms with Crippen molar-refractivity contribution in [3.63, 3.8) is 0 Å². The first-order valence-electron chi connectivity index (χ1n) is 5.87. The normalized spacial score (nSPS) is 11.9. The van der Waals surface area contributed by atoms with Crippen LogP contribution in [0.3, 0.4) is 0 Å². The van der Waals surface area contributed by atoms with Gasteiger partial charge in [-0.1, -0.05) is 19.1 Å². The molecule has 0 aliphatic heterocycles. The van der Waals surface area contributed by atoms with Gasteiger partial charge in [-0.2, -0.15) is 0 Å². The van der Waals surface area contributed by atoms with Gasteiger partial charge in [0.2, 0.25) is 5.91 Å². The van der Waals surface area contributed by atoms with Crippen LogP contribution in [0.15, 0.2) is 18.2 Å². The molecule has 0 aliphatic rings. The molecule has 5 heteroatoms. The van der Waals surface area contributed by atoms with E-state index < -0.39 is 11.8 Å². The number of ether oxygens (including phenoxy) is 2. The Labute approximate surface area is 107 Å². The number of aliphatic hydroxyl groups is 1. The Hall–Kier alpha value is -1.75. The fourth-order valence-electron chi connectivity index (χ4n) is 1.41. The molecule has 18 heavy (non-hydrogen) atoms. The van der Waals surface area contributed by atoms with E-state index in [0.29, 0.717) is 23.7 Å². The standard InChI is InChI=1S/C13H19NO4/c1-3-17-11-6-4-5-10(7-15)12(11)18-8-9(2)13(14)16/h4-6,9,15H,3,7-8H2,1-2H3,(H2,14,16). The summed E-state index contributed by atoms with van der Waals surface area (Å²) in [4.78, 5) is 10.9. The van der Waals surface area contributed by atoms with E-state index in [1.165, 1.54) is 0 Å². The summed E-state index contributed by atoms with van der Waals surface area (Å²) in [7, 11) is 0. The number of amides is 1. The third-order valence-electron chi connectivity index (χ3n) is 2.49. The Kier molecular flexibility index (Phi) is 5.45. The van der Waals surface area contributed by atoms with Crippen LogP contribution in [0.1, 0.15) is 19.4 Å². The zero-order valence-electron chi connectivity index (χ0n) is 10.7. The van der Waals surface area contributed by atoms with E-state index in [0.717, 1.165) is 0 Å². The van der Waals surface area contributed by atoms with Crippen molar-refractivity contribution in [2.75, 3.05) is 13.2 Å². The molecule has 1 atom stereocenters. The van der Waals surface area contributed by atoms with E-state index in [1.807, 2.05) is 6.92 Å².